The first-order valence-electron chi connectivity index (χ1n) is 11.0. The number of rotatable bonds is 3. The monoisotopic (exact) mass is 392 g/mol. The van der Waals surface area contributed by atoms with E-state index in [0.717, 1.165) is 6.42 Å². The van der Waals surface area contributed by atoms with Gasteiger partial charge in [-0.3, -0.25) is 5.01 Å². The SMILES string of the molecule is Cc1ccc(/C=C2/CCC[C@@H]3C2=NN(c2ccccc2)[C@H]3c2ccc(C)cc2)cc1. The Bertz CT molecular complexity index is 1080. The standard InChI is InChI=1S/C28H28N2/c1-20-11-15-22(16-12-20)19-24-7-6-10-26-27(24)29-30(25-8-4-3-5-9-25)28(26)23-17-13-21(2)14-18-23/h3-5,8-9,11-19,26,28H,6-7,10H2,1-2H3/b24-19-/t26-,28+/m1/s1. The van der Waals surface area contributed by atoms with E-state index in [1.54, 1.807) is 0 Å². The Morgan fingerprint density at radius 2 is 1.50 bits per heavy atom. The van der Waals surface area contributed by atoms with E-state index in [-0.39, 0.29) is 6.04 Å². The number of allylic oxidation sites excluding steroid dienone is 1. The van der Waals surface area contributed by atoms with Crippen LogP contribution < -0.4 is 5.01 Å². The van der Waals surface area contributed by atoms with Crippen molar-refractivity contribution >= 4 is 17.5 Å². The van der Waals surface area contributed by atoms with Gasteiger partial charge in [0.1, 0.15) is 0 Å². The minimum Gasteiger partial charge on any atom is -0.257 e. The van der Waals surface area contributed by atoms with Crippen molar-refractivity contribution in [1.29, 1.82) is 0 Å². The molecule has 5 rings (SSSR count). The molecule has 0 unspecified atom stereocenters. The molecule has 2 aliphatic rings. The average Bonchev–Trinajstić information content (AvgIpc) is 3.17. The van der Waals surface area contributed by atoms with Gasteiger partial charge in [0.2, 0.25) is 0 Å². The molecular formula is C28H28N2. The smallest absolute Gasteiger partial charge is 0.0859 e. The van der Waals surface area contributed by atoms with Gasteiger partial charge in [0.15, 0.2) is 0 Å². The van der Waals surface area contributed by atoms with Gasteiger partial charge in [0.25, 0.3) is 0 Å². The predicted octanol–water partition coefficient (Wildman–Crippen LogP) is 7.10. The molecule has 30 heavy (non-hydrogen) atoms. The Balaban J connectivity index is 1.58. The molecule has 2 atom stereocenters. The van der Waals surface area contributed by atoms with Crippen LogP contribution in [0.25, 0.3) is 6.08 Å². The molecule has 0 radical (unpaired) electrons. The first kappa shape index (κ1) is 18.9. The fraction of sp³-hybridized carbons (Fsp3) is 0.250. The fourth-order valence-corrected chi connectivity index (χ4v) is 4.76. The van der Waals surface area contributed by atoms with Gasteiger partial charge >= 0.3 is 0 Å². The molecule has 1 heterocycles. The lowest BCUT2D eigenvalue weighted by molar-refractivity contribution is 0.488. The molecule has 3 aromatic rings. The summed E-state index contributed by atoms with van der Waals surface area (Å²) in [6, 6.07) is 28.7. The topological polar surface area (TPSA) is 15.6 Å². The highest BCUT2D eigenvalue weighted by molar-refractivity contribution is 6.08. The van der Waals surface area contributed by atoms with Crippen LogP contribution in [0.5, 0.6) is 0 Å². The van der Waals surface area contributed by atoms with E-state index in [9.17, 15) is 0 Å². The number of para-hydroxylation sites is 1. The molecule has 0 bridgehead atoms. The molecule has 0 saturated heterocycles. The second kappa shape index (κ2) is 7.95. The van der Waals surface area contributed by atoms with Crippen molar-refractivity contribution in [1.82, 2.24) is 0 Å². The largest absolute Gasteiger partial charge is 0.257 e. The van der Waals surface area contributed by atoms with E-state index in [1.807, 2.05) is 0 Å². The summed E-state index contributed by atoms with van der Waals surface area (Å²) in [5.41, 5.74) is 9.05. The first-order valence-corrected chi connectivity index (χ1v) is 11.0. The Labute approximate surface area is 179 Å². The van der Waals surface area contributed by atoms with Crippen molar-refractivity contribution < 1.29 is 0 Å². The second-order valence-electron chi connectivity index (χ2n) is 8.60. The minimum absolute atomic E-state index is 0.254. The van der Waals surface area contributed by atoms with Crippen LogP contribution in [0.3, 0.4) is 0 Å². The number of anilines is 1. The number of hydrazone groups is 1. The van der Waals surface area contributed by atoms with Gasteiger partial charge in [-0.05, 0) is 68.0 Å². The van der Waals surface area contributed by atoms with Gasteiger partial charge in [0, 0.05) is 5.92 Å². The zero-order valence-electron chi connectivity index (χ0n) is 17.8. The van der Waals surface area contributed by atoms with E-state index < -0.39 is 0 Å². The fourth-order valence-electron chi connectivity index (χ4n) is 4.76. The molecular weight excluding hydrogens is 364 g/mol. The summed E-state index contributed by atoms with van der Waals surface area (Å²) >= 11 is 0. The normalized spacial score (nSPS) is 22.1. The predicted molar refractivity (Wildman–Crippen MR) is 127 cm³/mol. The van der Waals surface area contributed by atoms with Crippen molar-refractivity contribution in [2.24, 2.45) is 11.0 Å². The third-order valence-electron chi connectivity index (χ3n) is 6.36. The lowest BCUT2D eigenvalue weighted by Gasteiger charge is -2.30. The highest BCUT2D eigenvalue weighted by atomic mass is 15.5. The van der Waals surface area contributed by atoms with Crippen LogP contribution >= 0.6 is 0 Å². The van der Waals surface area contributed by atoms with E-state index >= 15 is 0 Å². The summed E-state index contributed by atoms with van der Waals surface area (Å²) in [5.74, 6) is 0.429. The highest BCUT2D eigenvalue weighted by Crippen LogP contribution is 2.46. The van der Waals surface area contributed by atoms with Crippen LogP contribution in [0.4, 0.5) is 5.69 Å². The van der Waals surface area contributed by atoms with Crippen LogP contribution in [-0.4, -0.2) is 5.71 Å². The molecule has 3 aromatic carbocycles. The molecule has 0 spiro atoms. The Hall–Kier alpha value is -3.13. The third-order valence-corrected chi connectivity index (χ3v) is 6.36. The summed E-state index contributed by atoms with van der Waals surface area (Å²) in [6.45, 7) is 4.29. The van der Waals surface area contributed by atoms with Crippen molar-refractivity contribution in [2.45, 2.75) is 39.2 Å². The lowest BCUT2D eigenvalue weighted by atomic mass is 9.77. The zero-order valence-corrected chi connectivity index (χ0v) is 17.8. The Kier molecular flexibility index (Phi) is 5.00. The van der Waals surface area contributed by atoms with Gasteiger partial charge in [0.05, 0.1) is 17.4 Å². The number of nitrogens with zero attached hydrogens (tertiary/aromatic N) is 2. The van der Waals surface area contributed by atoms with Crippen LogP contribution in [0.1, 0.15) is 47.6 Å². The van der Waals surface area contributed by atoms with E-state index in [0.29, 0.717) is 5.92 Å². The first-order chi connectivity index (χ1) is 14.7. The molecule has 1 aliphatic heterocycles. The quantitative estimate of drug-likeness (QED) is 0.464. The van der Waals surface area contributed by atoms with Crippen LogP contribution in [0.2, 0.25) is 0 Å². The van der Waals surface area contributed by atoms with Gasteiger partial charge in [-0.15, -0.1) is 0 Å². The maximum Gasteiger partial charge on any atom is 0.0859 e. The van der Waals surface area contributed by atoms with Crippen molar-refractivity contribution in [3.05, 3.63) is 107 Å². The van der Waals surface area contributed by atoms with Gasteiger partial charge in [-0.1, -0.05) is 77.9 Å². The van der Waals surface area contributed by atoms with E-state index in [1.165, 1.54) is 52.1 Å². The highest BCUT2D eigenvalue weighted by Gasteiger charge is 2.41. The Morgan fingerprint density at radius 1 is 0.833 bits per heavy atom. The van der Waals surface area contributed by atoms with E-state index in [4.69, 9.17) is 5.10 Å². The number of hydrogen-bond acceptors (Lipinski definition) is 2. The molecule has 1 aliphatic carbocycles. The second-order valence-corrected chi connectivity index (χ2v) is 8.60. The van der Waals surface area contributed by atoms with Crippen LogP contribution in [0.15, 0.2) is 89.5 Å². The average molecular weight is 393 g/mol. The zero-order chi connectivity index (χ0) is 20.5. The maximum absolute atomic E-state index is 5.24. The molecule has 0 amide bonds. The van der Waals surface area contributed by atoms with Gasteiger partial charge in [-0.2, -0.15) is 5.10 Å². The maximum atomic E-state index is 5.24. The summed E-state index contributed by atoms with van der Waals surface area (Å²) in [5, 5.41) is 7.50. The molecule has 2 heteroatoms. The summed E-state index contributed by atoms with van der Waals surface area (Å²) in [6.07, 6.45) is 5.86. The molecule has 1 saturated carbocycles. The molecule has 1 fully saturated rings. The van der Waals surface area contributed by atoms with E-state index in [2.05, 4.69) is 104 Å². The number of aryl methyl sites for hydroxylation is 2. The number of benzene rings is 3. The van der Waals surface area contributed by atoms with Crippen molar-refractivity contribution in [3.8, 4) is 0 Å². The van der Waals surface area contributed by atoms with Crippen molar-refractivity contribution in [2.75, 3.05) is 5.01 Å². The molecule has 2 nitrogen and oxygen atoms in total. The molecule has 0 aromatic heterocycles. The number of hydrogen-bond donors (Lipinski definition) is 0. The number of fused-ring (bicyclic) bond motifs is 1. The summed E-state index contributed by atoms with van der Waals surface area (Å²) in [7, 11) is 0. The summed E-state index contributed by atoms with van der Waals surface area (Å²) in [4.78, 5) is 0. The summed E-state index contributed by atoms with van der Waals surface area (Å²) < 4.78 is 0. The minimum atomic E-state index is 0.254. The van der Waals surface area contributed by atoms with Crippen molar-refractivity contribution in [3.63, 3.8) is 0 Å². The third kappa shape index (κ3) is 3.59. The Morgan fingerprint density at radius 3 is 2.20 bits per heavy atom. The molecule has 0 N–H and O–H groups in total. The van der Waals surface area contributed by atoms with Gasteiger partial charge in [-0.25, -0.2) is 0 Å². The van der Waals surface area contributed by atoms with Crippen LogP contribution in [0, 0.1) is 19.8 Å². The van der Waals surface area contributed by atoms with Gasteiger partial charge < -0.3 is 0 Å². The van der Waals surface area contributed by atoms with Crippen LogP contribution in [-0.2, 0) is 0 Å². The lowest BCUT2D eigenvalue weighted by Crippen LogP contribution is -2.28. The molecule has 150 valence electrons.